The van der Waals surface area contributed by atoms with Crippen molar-refractivity contribution in [3.8, 4) is 5.75 Å². The monoisotopic (exact) mass is 273 g/mol. The summed E-state index contributed by atoms with van der Waals surface area (Å²) in [7, 11) is 2.31. The molecule has 20 heavy (non-hydrogen) atoms. The van der Waals surface area contributed by atoms with Crippen LogP contribution in [0.4, 0.5) is 0 Å². The smallest absolute Gasteiger partial charge is 0.119 e. The van der Waals surface area contributed by atoms with Crippen molar-refractivity contribution in [2.45, 2.75) is 69.9 Å². The van der Waals surface area contributed by atoms with Gasteiger partial charge in [0.2, 0.25) is 0 Å². The van der Waals surface area contributed by atoms with E-state index in [-0.39, 0.29) is 0 Å². The van der Waals surface area contributed by atoms with Crippen molar-refractivity contribution in [1.82, 2.24) is 4.90 Å². The van der Waals surface area contributed by atoms with Gasteiger partial charge in [0.1, 0.15) is 5.75 Å². The Labute approximate surface area is 122 Å². The van der Waals surface area contributed by atoms with E-state index in [4.69, 9.17) is 0 Å². The van der Waals surface area contributed by atoms with Crippen LogP contribution in [0.25, 0.3) is 0 Å². The molecule has 1 aromatic carbocycles. The molecule has 0 radical (unpaired) electrons. The summed E-state index contributed by atoms with van der Waals surface area (Å²) in [5, 5.41) is 10.1. The molecule has 1 N–H and O–H groups in total. The summed E-state index contributed by atoms with van der Waals surface area (Å²) in [4.78, 5) is 2.61. The Kier molecular flexibility index (Phi) is 4.30. The zero-order valence-corrected chi connectivity index (χ0v) is 12.6. The normalized spacial score (nSPS) is 24.4. The molecule has 0 heterocycles. The largest absolute Gasteiger partial charge is 0.508 e. The van der Waals surface area contributed by atoms with Gasteiger partial charge >= 0.3 is 0 Å². The van der Waals surface area contributed by atoms with Gasteiger partial charge in [0.05, 0.1) is 0 Å². The molecule has 0 aromatic heterocycles. The molecule has 0 saturated heterocycles. The molecule has 2 nitrogen and oxygen atoms in total. The second-order valence-electron chi connectivity index (χ2n) is 6.56. The molecule has 0 aliphatic heterocycles. The minimum Gasteiger partial charge on any atom is -0.508 e. The molecule has 1 saturated carbocycles. The highest BCUT2D eigenvalue weighted by Gasteiger charge is 2.29. The average molecular weight is 273 g/mol. The molecule has 0 spiro atoms. The molecular weight excluding hydrogens is 246 g/mol. The molecule has 1 aromatic rings. The highest BCUT2D eigenvalue weighted by molar-refractivity contribution is 5.42. The number of fused-ring (bicyclic) bond motifs is 1. The minimum absolute atomic E-state index is 0.501. The third-order valence-corrected chi connectivity index (χ3v) is 5.34. The lowest BCUT2D eigenvalue weighted by Crippen LogP contribution is -2.36. The van der Waals surface area contributed by atoms with Crippen LogP contribution in [0.2, 0.25) is 0 Å². The standard InChI is InChI=1S/C18H27NO/c1-19(14-8-4-2-3-5-9-14)17-12-6-11-16-15(17)10-7-13-18(16)20/h7,10,13-14,17,20H,2-6,8-9,11-12H2,1H3. The second kappa shape index (κ2) is 6.17. The van der Waals surface area contributed by atoms with Crippen LogP contribution in [0.5, 0.6) is 5.75 Å². The first-order chi connectivity index (χ1) is 9.77. The van der Waals surface area contributed by atoms with E-state index in [1.165, 1.54) is 62.5 Å². The van der Waals surface area contributed by atoms with E-state index in [2.05, 4.69) is 18.0 Å². The van der Waals surface area contributed by atoms with Crippen LogP contribution >= 0.6 is 0 Å². The van der Waals surface area contributed by atoms with Crippen molar-refractivity contribution in [1.29, 1.82) is 0 Å². The molecule has 110 valence electrons. The summed E-state index contributed by atoms with van der Waals surface area (Å²) in [5.41, 5.74) is 2.58. The Morgan fingerprint density at radius 1 is 1.00 bits per heavy atom. The van der Waals surface area contributed by atoms with Gasteiger partial charge < -0.3 is 5.11 Å². The van der Waals surface area contributed by atoms with Gasteiger partial charge in [-0.2, -0.15) is 0 Å². The SMILES string of the molecule is CN(C1CCCCCC1)C1CCCc2c(O)cccc21. The van der Waals surface area contributed by atoms with Crippen LogP contribution in [0.1, 0.15) is 68.5 Å². The lowest BCUT2D eigenvalue weighted by molar-refractivity contribution is 0.142. The Morgan fingerprint density at radius 3 is 2.50 bits per heavy atom. The number of aromatic hydroxyl groups is 1. The Balaban J connectivity index is 1.82. The average Bonchev–Trinajstić information content (AvgIpc) is 2.75. The third kappa shape index (κ3) is 2.71. The van der Waals surface area contributed by atoms with E-state index < -0.39 is 0 Å². The molecule has 1 unspecified atom stereocenters. The summed E-state index contributed by atoms with van der Waals surface area (Å²) in [6.45, 7) is 0. The lowest BCUT2D eigenvalue weighted by Gasteiger charge is -2.38. The predicted molar refractivity (Wildman–Crippen MR) is 83.0 cm³/mol. The summed E-state index contributed by atoms with van der Waals surface area (Å²) >= 11 is 0. The van der Waals surface area contributed by atoms with Gasteiger partial charge in [-0.3, -0.25) is 4.90 Å². The molecule has 1 fully saturated rings. The Hall–Kier alpha value is -1.02. The molecule has 0 amide bonds. The number of rotatable bonds is 2. The maximum Gasteiger partial charge on any atom is 0.119 e. The van der Waals surface area contributed by atoms with Gasteiger partial charge in [0, 0.05) is 12.1 Å². The van der Waals surface area contributed by atoms with Gasteiger partial charge in [-0.25, -0.2) is 0 Å². The highest BCUT2D eigenvalue weighted by atomic mass is 16.3. The topological polar surface area (TPSA) is 23.5 Å². The van der Waals surface area contributed by atoms with Crippen LogP contribution < -0.4 is 0 Å². The van der Waals surface area contributed by atoms with Gasteiger partial charge in [0.15, 0.2) is 0 Å². The number of nitrogens with zero attached hydrogens (tertiary/aromatic N) is 1. The van der Waals surface area contributed by atoms with Crippen molar-refractivity contribution in [2.75, 3.05) is 7.05 Å². The number of benzene rings is 1. The van der Waals surface area contributed by atoms with Crippen molar-refractivity contribution < 1.29 is 5.11 Å². The van der Waals surface area contributed by atoms with E-state index in [0.29, 0.717) is 11.8 Å². The van der Waals surface area contributed by atoms with E-state index in [1.54, 1.807) is 0 Å². The fourth-order valence-corrected chi connectivity index (χ4v) is 4.15. The molecule has 3 rings (SSSR count). The molecule has 2 aliphatic carbocycles. The second-order valence-corrected chi connectivity index (χ2v) is 6.56. The van der Waals surface area contributed by atoms with Crippen molar-refractivity contribution in [2.24, 2.45) is 0 Å². The van der Waals surface area contributed by atoms with Crippen LogP contribution in [0.3, 0.4) is 0 Å². The van der Waals surface area contributed by atoms with Crippen molar-refractivity contribution in [3.63, 3.8) is 0 Å². The fraction of sp³-hybridized carbons (Fsp3) is 0.667. The first kappa shape index (κ1) is 13.9. The quantitative estimate of drug-likeness (QED) is 0.806. The molecule has 1 atom stereocenters. The van der Waals surface area contributed by atoms with E-state index in [9.17, 15) is 5.11 Å². The summed E-state index contributed by atoms with van der Waals surface area (Å²) in [6, 6.07) is 7.32. The molecule has 2 heteroatoms. The number of hydrogen-bond donors (Lipinski definition) is 1. The maximum absolute atomic E-state index is 10.1. The van der Waals surface area contributed by atoms with Gasteiger partial charge in [0.25, 0.3) is 0 Å². The zero-order valence-electron chi connectivity index (χ0n) is 12.6. The van der Waals surface area contributed by atoms with Crippen molar-refractivity contribution in [3.05, 3.63) is 29.3 Å². The van der Waals surface area contributed by atoms with E-state index >= 15 is 0 Å². The van der Waals surface area contributed by atoms with E-state index in [1.807, 2.05) is 12.1 Å². The molecular formula is C18H27NO. The zero-order chi connectivity index (χ0) is 13.9. The predicted octanol–water partition coefficient (Wildman–Crippen LogP) is 4.42. The first-order valence-corrected chi connectivity index (χ1v) is 8.30. The number of phenols is 1. The van der Waals surface area contributed by atoms with Crippen LogP contribution in [-0.2, 0) is 6.42 Å². The van der Waals surface area contributed by atoms with Crippen LogP contribution in [-0.4, -0.2) is 23.1 Å². The highest BCUT2D eigenvalue weighted by Crippen LogP contribution is 2.39. The Bertz CT molecular complexity index is 449. The van der Waals surface area contributed by atoms with Crippen LogP contribution in [0.15, 0.2) is 18.2 Å². The minimum atomic E-state index is 0.501. The van der Waals surface area contributed by atoms with Gasteiger partial charge in [-0.15, -0.1) is 0 Å². The first-order valence-electron chi connectivity index (χ1n) is 8.30. The molecule has 0 bridgehead atoms. The lowest BCUT2D eigenvalue weighted by atomic mass is 9.85. The van der Waals surface area contributed by atoms with E-state index in [0.717, 1.165) is 12.5 Å². The molecule has 2 aliphatic rings. The van der Waals surface area contributed by atoms with Gasteiger partial charge in [-0.1, -0.05) is 37.8 Å². The van der Waals surface area contributed by atoms with Crippen molar-refractivity contribution >= 4 is 0 Å². The van der Waals surface area contributed by atoms with Gasteiger partial charge in [-0.05, 0) is 56.3 Å². The summed E-state index contributed by atoms with van der Waals surface area (Å²) in [6.07, 6.45) is 11.8. The number of hydrogen-bond acceptors (Lipinski definition) is 2. The Morgan fingerprint density at radius 2 is 1.75 bits per heavy atom. The number of phenolic OH excluding ortho intramolecular Hbond substituents is 1. The van der Waals surface area contributed by atoms with Crippen LogP contribution in [0, 0.1) is 0 Å². The third-order valence-electron chi connectivity index (χ3n) is 5.34. The summed E-state index contributed by atoms with van der Waals surface area (Å²) < 4.78 is 0. The summed E-state index contributed by atoms with van der Waals surface area (Å²) in [5.74, 6) is 0.501. The fourth-order valence-electron chi connectivity index (χ4n) is 4.15. The maximum atomic E-state index is 10.1.